The second kappa shape index (κ2) is 7.87. The lowest BCUT2D eigenvalue weighted by molar-refractivity contribution is -0.153. The Kier molecular flexibility index (Phi) is 6.77. The van der Waals surface area contributed by atoms with E-state index in [1.165, 1.54) is 0 Å². The SMILES string of the molecule is CC1CN(Cc2cccc(OCC(F)(F)F)c2)CCN1.Cl. The van der Waals surface area contributed by atoms with Crippen LogP contribution in [0.2, 0.25) is 0 Å². The highest BCUT2D eigenvalue weighted by Crippen LogP contribution is 2.20. The maximum Gasteiger partial charge on any atom is 0.422 e. The van der Waals surface area contributed by atoms with Crippen LogP contribution < -0.4 is 10.1 Å². The summed E-state index contributed by atoms with van der Waals surface area (Å²) >= 11 is 0. The van der Waals surface area contributed by atoms with Crippen molar-refractivity contribution < 1.29 is 17.9 Å². The third kappa shape index (κ3) is 6.54. The van der Waals surface area contributed by atoms with Gasteiger partial charge in [-0.05, 0) is 24.6 Å². The summed E-state index contributed by atoms with van der Waals surface area (Å²) in [5, 5.41) is 3.35. The molecule has 0 amide bonds. The Morgan fingerprint density at radius 2 is 2.14 bits per heavy atom. The summed E-state index contributed by atoms with van der Waals surface area (Å²) < 4.78 is 41.1. The van der Waals surface area contributed by atoms with Crippen molar-refractivity contribution in [3.05, 3.63) is 29.8 Å². The summed E-state index contributed by atoms with van der Waals surface area (Å²) in [6, 6.07) is 7.31. The highest BCUT2D eigenvalue weighted by Gasteiger charge is 2.28. The first kappa shape index (κ1) is 18.1. The van der Waals surface area contributed by atoms with Crippen molar-refractivity contribution in [2.24, 2.45) is 0 Å². The molecule has 1 heterocycles. The van der Waals surface area contributed by atoms with Crippen molar-refractivity contribution >= 4 is 12.4 Å². The van der Waals surface area contributed by atoms with Gasteiger partial charge in [0, 0.05) is 32.2 Å². The molecule has 7 heteroatoms. The fourth-order valence-corrected chi connectivity index (χ4v) is 2.31. The number of piperazine rings is 1. The maximum absolute atomic E-state index is 12.1. The predicted octanol–water partition coefficient (Wildman–Crippen LogP) is 2.84. The normalized spacial score (nSPS) is 19.9. The molecular formula is C14H20ClF3N2O. The Balaban J connectivity index is 0.00000220. The quantitative estimate of drug-likeness (QED) is 0.921. The highest BCUT2D eigenvalue weighted by atomic mass is 35.5. The van der Waals surface area contributed by atoms with Crippen LogP contribution >= 0.6 is 12.4 Å². The Morgan fingerprint density at radius 3 is 2.81 bits per heavy atom. The number of benzene rings is 1. The van der Waals surface area contributed by atoms with Crippen LogP contribution in [0.25, 0.3) is 0 Å². The monoisotopic (exact) mass is 324 g/mol. The summed E-state index contributed by atoms with van der Waals surface area (Å²) in [5.74, 6) is 0.267. The third-order valence-corrected chi connectivity index (χ3v) is 3.16. The number of nitrogens with zero attached hydrogens (tertiary/aromatic N) is 1. The molecule has 1 aliphatic heterocycles. The summed E-state index contributed by atoms with van der Waals surface area (Å²) in [6.07, 6.45) is -4.30. The molecule has 21 heavy (non-hydrogen) atoms. The van der Waals surface area contributed by atoms with Crippen LogP contribution in [0.5, 0.6) is 5.75 Å². The molecule has 0 radical (unpaired) electrons. The van der Waals surface area contributed by atoms with E-state index in [4.69, 9.17) is 4.74 Å². The Hall–Kier alpha value is -0.980. The largest absolute Gasteiger partial charge is 0.484 e. The number of ether oxygens (including phenoxy) is 1. The average molecular weight is 325 g/mol. The van der Waals surface area contributed by atoms with E-state index < -0.39 is 12.8 Å². The van der Waals surface area contributed by atoms with E-state index in [0.717, 1.165) is 31.7 Å². The van der Waals surface area contributed by atoms with Crippen molar-refractivity contribution in [3.8, 4) is 5.75 Å². The molecule has 0 bridgehead atoms. The zero-order valence-corrected chi connectivity index (χ0v) is 12.6. The van der Waals surface area contributed by atoms with Crippen molar-refractivity contribution in [3.63, 3.8) is 0 Å². The maximum atomic E-state index is 12.1. The molecule has 0 aliphatic carbocycles. The number of hydrogen-bond donors (Lipinski definition) is 1. The van der Waals surface area contributed by atoms with Gasteiger partial charge in [0.05, 0.1) is 0 Å². The van der Waals surface area contributed by atoms with Gasteiger partial charge in [0.1, 0.15) is 5.75 Å². The van der Waals surface area contributed by atoms with Crippen LogP contribution in [0.3, 0.4) is 0 Å². The summed E-state index contributed by atoms with van der Waals surface area (Å²) in [7, 11) is 0. The number of alkyl halides is 3. The lowest BCUT2D eigenvalue weighted by Gasteiger charge is -2.31. The molecule has 3 nitrogen and oxygen atoms in total. The standard InChI is InChI=1S/C14H19F3N2O.ClH/c1-11-8-19(6-5-18-11)9-12-3-2-4-13(7-12)20-10-14(15,16)17;/h2-4,7,11,18H,5-6,8-10H2,1H3;1H. The van der Waals surface area contributed by atoms with Crippen LogP contribution in [0.4, 0.5) is 13.2 Å². The second-order valence-corrected chi connectivity index (χ2v) is 5.14. The zero-order chi connectivity index (χ0) is 14.6. The average Bonchev–Trinajstić information content (AvgIpc) is 2.36. The Labute approximate surface area is 128 Å². The topological polar surface area (TPSA) is 24.5 Å². The van der Waals surface area contributed by atoms with Crippen molar-refractivity contribution in [1.29, 1.82) is 0 Å². The first-order valence-corrected chi connectivity index (χ1v) is 6.66. The molecule has 1 aliphatic rings. The van der Waals surface area contributed by atoms with E-state index in [0.29, 0.717) is 6.04 Å². The van der Waals surface area contributed by atoms with Gasteiger partial charge in [0.15, 0.2) is 6.61 Å². The highest BCUT2D eigenvalue weighted by molar-refractivity contribution is 5.85. The van der Waals surface area contributed by atoms with Gasteiger partial charge in [0.25, 0.3) is 0 Å². The Morgan fingerprint density at radius 1 is 1.38 bits per heavy atom. The lowest BCUT2D eigenvalue weighted by atomic mass is 10.1. The first-order chi connectivity index (χ1) is 9.42. The molecule has 1 unspecified atom stereocenters. The zero-order valence-electron chi connectivity index (χ0n) is 11.8. The minimum atomic E-state index is -4.30. The molecule has 1 atom stereocenters. The van der Waals surface area contributed by atoms with Crippen molar-refractivity contribution in [2.75, 3.05) is 26.2 Å². The third-order valence-electron chi connectivity index (χ3n) is 3.16. The minimum absolute atomic E-state index is 0. The summed E-state index contributed by atoms with van der Waals surface area (Å²) in [5.41, 5.74) is 0.971. The summed E-state index contributed by atoms with van der Waals surface area (Å²) in [4.78, 5) is 2.28. The molecule has 1 aromatic carbocycles. The van der Waals surface area contributed by atoms with Gasteiger partial charge in [-0.25, -0.2) is 0 Å². The van der Waals surface area contributed by atoms with E-state index in [1.807, 2.05) is 6.07 Å². The smallest absolute Gasteiger partial charge is 0.422 e. The Bertz CT molecular complexity index is 442. The van der Waals surface area contributed by atoms with E-state index in [1.54, 1.807) is 18.2 Å². The summed E-state index contributed by atoms with van der Waals surface area (Å²) in [6.45, 7) is 4.42. The molecular weight excluding hydrogens is 305 g/mol. The molecule has 1 N–H and O–H groups in total. The van der Waals surface area contributed by atoms with Crippen LogP contribution in [-0.2, 0) is 6.54 Å². The minimum Gasteiger partial charge on any atom is -0.484 e. The van der Waals surface area contributed by atoms with Gasteiger partial charge >= 0.3 is 6.18 Å². The van der Waals surface area contributed by atoms with Crippen LogP contribution in [0.15, 0.2) is 24.3 Å². The fourth-order valence-electron chi connectivity index (χ4n) is 2.31. The van der Waals surface area contributed by atoms with Crippen LogP contribution in [0.1, 0.15) is 12.5 Å². The molecule has 1 aromatic rings. The molecule has 1 fully saturated rings. The molecule has 2 rings (SSSR count). The van der Waals surface area contributed by atoms with Crippen molar-refractivity contribution in [1.82, 2.24) is 10.2 Å². The van der Waals surface area contributed by atoms with E-state index >= 15 is 0 Å². The fraction of sp³-hybridized carbons (Fsp3) is 0.571. The number of rotatable bonds is 4. The van der Waals surface area contributed by atoms with Crippen LogP contribution in [0, 0.1) is 0 Å². The van der Waals surface area contributed by atoms with Gasteiger partial charge in [-0.3, -0.25) is 4.90 Å². The van der Waals surface area contributed by atoms with E-state index in [2.05, 4.69) is 17.1 Å². The second-order valence-electron chi connectivity index (χ2n) is 5.14. The van der Waals surface area contributed by atoms with Gasteiger partial charge < -0.3 is 10.1 Å². The molecule has 1 saturated heterocycles. The lowest BCUT2D eigenvalue weighted by Crippen LogP contribution is -2.48. The van der Waals surface area contributed by atoms with Crippen LogP contribution in [-0.4, -0.2) is 43.4 Å². The van der Waals surface area contributed by atoms with E-state index in [-0.39, 0.29) is 18.2 Å². The number of nitrogens with one attached hydrogen (secondary N) is 1. The number of halogens is 4. The van der Waals surface area contributed by atoms with Crippen molar-refractivity contribution in [2.45, 2.75) is 25.7 Å². The molecule has 120 valence electrons. The molecule has 0 aromatic heterocycles. The predicted molar refractivity (Wildman–Crippen MR) is 78.0 cm³/mol. The van der Waals surface area contributed by atoms with E-state index in [9.17, 15) is 13.2 Å². The van der Waals surface area contributed by atoms with Gasteiger partial charge in [-0.2, -0.15) is 13.2 Å². The molecule has 0 spiro atoms. The van der Waals surface area contributed by atoms with Gasteiger partial charge in [-0.15, -0.1) is 12.4 Å². The first-order valence-electron chi connectivity index (χ1n) is 6.66. The van der Waals surface area contributed by atoms with Gasteiger partial charge in [0.2, 0.25) is 0 Å². The molecule has 0 saturated carbocycles. The van der Waals surface area contributed by atoms with Gasteiger partial charge in [-0.1, -0.05) is 12.1 Å². The number of hydrogen-bond acceptors (Lipinski definition) is 3.